The van der Waals surface area contributed by atoms with Crippen LogP contribution in [-0.2, 0) is 12.3 Å². The van der Waals surface area contributed by atoms with Crippen LogP contribution in [0.2, 0.25) is 0 Å². The monoisotopic (exact) mass is 358 g/mol. The van der Waals surface area contributed by atoms with Crippen molar-refractivity contribution in [2.75, 3.05) is 0 Å². The van der Waals surface area contributed by atoms with E-state index in [2.05, 4.69) is 37.4 Å². The summed E-state index contributed by atoms with van der Waals surface area (Å²) in [6.07, 6.45) is 1.86. The molecule has 4 nitrogen and oxygen atoms in total. The van der Waals surface area contributed by atoms with Crippen LogP contribution in [0.4, 0.5) is 4.39 Å². The summed E-state index contributed by atoms with van der Waals surface area (Å²) in [5.41, 5.74) is 3.97. The highest BCUT2D eigenvalue weighted by atomic mass is 32.2. The third kappa shape index (κ3) is 4.12. The molecule has 0 aliphatic carbocycles. The van der Waals surface area contributed by atoms with Crippen LogP contribution in [0, 0.1) is 25.6 Å². The van der Waals surface area contributed by atoms with E-state index in [0.29, 0.717) is 5.92 Å². The Hall–Kier alpha value is -2.08. The molecule has 0 amide bonds. The molecule has 0 unspecified atom stereocenters. The van der Waals surface area contributed by atoms with Gasteiger partial charge in [-0.2, -0.15) is 5.10 Å². The molecule has 2 aromatic heterocycles. The number of thioether (sulfide) groups is 1. The Morgan fingerprint density at radius 3 is 2.72 bits per heavy atom. The molecule has 2 heterocycles. The maximum Gasteiger partial charge on any atom is 0.168 e. The van der Waals surface area contributed by atoms with Crippen LogP contribution >= 0.6 is 11.8 Å². The third-order valence-corrected chi connectivity index (χ3v) is 5.05. The van der Waals surface area contributed by atoms with E-state index in [4.69, 9.17) is 4.98 Å². The first-order valence-electron chi connectivity index (χ1n) is 8.41. The minimum atomic E-state index is -0.259. The maximum absolute atomic E-state index is 13.4. The topological polar surface area (TPSA) is 35.6 Å². The van der Waals surface area contributed by atoms with Crippen molar-refractivity contribution in [3.63, 3.8) is 0 Å². The summed E-state index contributed by atoms with van der Waals surface area (Å²) < 4.78 is 17.4. The number of aromatic nitrogens is 4. The molecule has 0 spiro atoms. The second kappa shape index (κ2) is 7.44. The van der Waals surface area contributed by atoms with Gasteiger partial charge in [-0.25, -0.2) is 14.1 Å². The quantitative estimate of drug-likeness (QED) is 0.595. The Morgan fingerprint density at radius 2 is 2.00 bits per heavy atom. The van der Waals surface area contributed by atoms with E-state index < -0.39 is 0 Å². The molecule has 25 heavy (non-hydrogen) atoms. The first kappa shape index (κ1) is 17.7. The minimum Gasteiger partial charge on any atom is -0.323 e. The van der Waals surface area contributed by atoms with E-state index in [9.17, 15) is 4.39 Å². The molecule has 0 aliphatic rings. The van der Waals surface area contributed by atoms with Crippen molar-refractivity contribution in [3.05, 3.63) is 59.4 Å². The lowest BCUT2D eigenvalue weighted by Crippen LogP contribution is -2.07. The predicted octanol–water partition coefficient (Wildman–Crippen LogP) is 4.77. The van der Waals surface area contributed by atoms with Gasteiger partial charge in [0.25, 0.3) is 0 Å². The van der Waals surface area contributed by atoms with Gasteiger partial charge in [-0.05, 0) is 44.0 Å². The Balaban J connectivity index is 1.74. The van der Waals surface area contributed by atoms with Gasteiger partial charge in [0.1, 0.15) is 5.82 Å². The summed E-state index contributed by atoms with van der Waals surface area (Å²) in [7, 11) is 0. The molecule has 6 heteroatoms. The molecule has 3 rings (SSSR count). The SMILES string of the molecule is Cc1nc(SCc2ccn(-c3cccc(F)c3)n2)n(CC(C)C)c1C. The van der Waals surface area contributed by atoms with Crippen LogP contribution in [0.1, 0.15) is 30.9 Å². The maximum atomic E-state index is 13.4. The lowest BCUT2D eigenvalue weighted by molar-refractivity contribution is 0.486. The average molecular weight is 358 g/mol. The Bertz CT molecular complexity index is 866. The highest BCUT2D eigenvalue weighted by Gasteiger charge is 2.13. The summed E-state index contributed by atoms with van der Waals surface area (Å²) in [5.74, 6) is 1.04. The van der Waals surface area contributed by atoms with Crippen molar-refractivity contribution >= 4 is 11.8 Å². The highest BCUT2D eigenvalue weighted by molar-refractivity contribution is 7.98. The van der Waals surface area contributed by atoms with Gasteiger partial charge in [0.15, 0.2) is 5.16 Å². The van der Waals surface area contributed by atoms with Crippen LogP contribution in [0.5, 0.6) is 0 Å². The number of nitrogens with zero attached hydrogens (tertiary/aromatic N) is 4. The smallest absolute Gasteiger partial charge is 0.168 e. The molecule has 0 atom stereocenters. The van der Waals surface area contributed by atoms with Crippen molar-refractivity contribution in [3.8, 4) is 5.69 Å². The molecule has 0 aliphatic heterocycles. The van der Waals surface area contributed by atoms with E-state index in [-0.39, 0.29) is 5.82 Å². The number of aryl methyl sites for hydroxylation is 1. The van der Waals surface area contributed by atoms with Crippen molar-refractivity contribution < 1.29 is 4.39 Å². The standard InChI is InChI=1S/C19H23FN4S/c1-13(2)11-23-15(4)14(3)21-19(23)25-12-17-8-9-24(22-17)18-7-5-6-16(20)10-18/h5-10,13H,11-12H2,1-4H3. The lowest BCUT2D eigenvalue weighted by Gasteiger charge is -2.11. The van der Waals surface area contributed by atoms with Crippen molar-refractivity contribution in [1.29, 1.82) is 0 Å². The van der Waals surface area contributed by atoms with Gasteiger partial charge in [-0.15, -0.1) is 0 Å². The van der Waals surface area contributed by atoms with Crippen LogP contribution in [0.15, 0.2) is 41.7 Å². The zero-order chi connectivity index (χ0) is 18.0. The van der Waals surface area contributed by atoms with Crippen LogP contribution < -0.4 is 0 Å². The summed E-state index contributed by atoms with van der Waals surface area (Å²) in [5, 5.41) is 5.58. The summed E-state index contributed by atoms with van der Waals surface area (Å²) in [6.45, 7) is 9.56. The molecule has 0 fully saturated rings. The fourth-order valence-electron chi connectivity index (χ4n) is 2.65. The minimum absolute atomic E-state index is 0.259. The largest absolute Gasteiger partial charge is 0.323 e. The number of benzene rings is 1. The summed E-state index contributed by atoms with van der Waals surface area (Å²) in [4.78, 5) is 4.70. The van der Waals surface area contributed by atoms with Crippen molar-refractivity contribution in [2.45, 2.75) is 45.1 Å². The summed E-state index contributed by atoms with van der Waals surface area (Å²) >= 11 is 1.69. The van der Waals surface area contributed by atoms with E-state index >= 15 is 0 Å². The van der Waals surface area contributed by atoms with Gasteiger partial charge >= 0.3 is 0 Å². The normalized spacial score (nSPS) is 11.4. The Morgan fingerprint density at radius 1 is 1.20 bits per heavy atom. The van der Waals surface area contributed by atoms with E-state index in [1.165, 1.54) is 17.8 Å². The lowest BCUT2D eigenvalue weighted by atomic mass is 10.2. The van der Waals surface area contributed by atoms with Crippen LogP contribution in [-0.4, -0.2) is 19.3 Å². The summed E-state index contributed by atoms with van der Waals surface area (Å²) in [6, 6.07) is 8.41. The molecular weight excluding hydrogens is 335 g/mol. The van der Waals surface area contributed by atoms with Crippen molar-refractivity contribution in [1.82, 2.24) is 19.3 Å². The molecular formula is C19H23FN4S. The third-order valence-electron chi connectivity index (χ3n) is 4.04. The number of hydrogen-bond acceptors (Lipinski definition) is 3. The fraction of sp³-hybridized carbons (Fsp3) is 0.368. The molecule has 0 bridgehead atoms. The molecule has 0 radical (unpaired) electrons. The first-order chi connectivity index (χ1) is 11.9. The van der Waals surface area contributed by atoms with Gasteiger partial charge in [-0.1, -0.05) is 31.7 Å². The fourth-order valence-corrected chi connectivity index (χ4v) is 3.65. The number of rotatable bonds is 6. The van der Waals surface area contributed by atoms with Crippen LogP contribution in [0.25, 0.3) is 5.69 Å². The second-order valence-corrected chi connectivity index (χ2v) is 7.53. The number of halogens is 1. The van der Waals surface area contributed by atoms with Crippen LogP contribution in [0.3, 0.4) is 0 Å². The van der Waals surface area contributed by atoms with Gasteiger partial charge < -0.3 is 4.57 Å². The average Bonchev–Trinajstić information content (AvgIpc) is 3.13. The molecule has 132 valence electrons. The second-order valence-electron chi connectivity index (χ2n) is 6.59. The molecule has 0 N–H and O–H groups in total. The van der Waals surface area contributed by atoms with Gasteiger partial charge in [0.2, 0.25) is 0 Å². The predicted molar refractivity (Wildman–Crippen MR) is 99.6 cm³/mol. The zero-order valence-electron chi connectivity index (χ0n) is 15.0. The van der Waals surface area contributed by atoms with E-state index in [1.54, 1.807) is 22.5 Å². The zero-order valence-corrected chi connectivity index (χ0v) is 15.8. The molecule has 3 aromatic rings. The first-order valence-corrected chi connectivity index (χ1v) is 9.39. The Kier molecular flexibility index (Phi) is 5.27. The van der Waals surface area contributed by atoms with E-state index in [1.807, 2.05) is 18.3 Å². The number of hydrogen-bond donors (Lipinski definition) is 0. The number of imidazole rings is 1. The van der Waals surface area contributed by atoms with Gasteiger partial charge in [-0.3, -0.25) is 0 Å². The Labute approximate surface area is 152 Å². The molecule has 0 saturated carbocycles. The van der Waals surface area contributed by atoms with Crippen molar-refractivity contribution in [2.24, 2.45) is 5.92 Å². The van der Waals surface area contributed by atoms with Gasteiger partial charge in [0, 0.05) is 24.2 Å². The molecule has 1 aromatic carbocycles. The molecule has 0 saturated heterocycles. The van der Waals surface area contributed by atoms with E-state index in [0.717, 1.165) is 34.5 Å². The highest BCUT2D eigenvalue weighted by Crippen LogP contribution is 2.25. The van der Waals surface area contributed by atoms with Gasteiger partial charge in [0.05, 0.1) is 17.1 Å².